The quantitative estimate of drug-likeness (QED) is 0.249. The summed E-state index contributed by atoms with van der Waals surface area (Å²) in [5.74, 6) is -5.58. The van der Waals surface area contributed by atoms with Crippen LogP contribution in [-0.2, 0) is 27.3 Å². The SMILES string of the molecule is CN(C)c1cc(CN2CC3C(N)C3C2)c(O)c2c1C[C@H]1C[C@H]3[C@H](N(C)C)C(=O)C(C(N)=O)=C(O)[C@@]3(O)C(=O)C1=C2O. The molecule has 0 bridgehead atoms. The molecule has 5 aliphatic rings. The van der Waals surface area contributed by atoms with Crippen molar-refractivity contribution in [1.29, 1.82) is 0 Å². The molecule has 8 N–H and O–H groups in total. The maximum absolute atomic E-state index is 14.1. The average Bonchev–Trinajstić information content (AvgIpc) is 3.26. The number of primary amides is 1. The third-order valence-electron chi connectivity index (χ3n) is 9.99. The Morgan fingerprint density at radius 3 is 2.32 bits per heavy atom. The number of fused-ring (bicyclic) bond motifs is 4. The van der Waals surface area contributed by atoms with Gasteiger partial charge >= 0.3 is 0 Å². The number of carbonyl (C=O) groups is 3. The van der Waals surface area contributed by atoms with Crippen molar-refractivity contribution in [3.8, 4) is 5.75 Å². The average molecular weight is 568 g/mol. The van der Waals surface area contributed by atoms with E-state index in [2.05, 4.69) is 4.90 Å². The summed E-state index contributed by atoms with van der Waals surface area (Å²) in [4.78, 5) is 45.1. The molecule has 1 aliphatic heterocycles. The predicted octanol–water partition coefficient (Wildman–Crippen LogP) is -0.581. The van der Waals surface area contributed by atoms with Crippen LogP contribution in [0.3, 0.4) is 0 Å². The number of nitrogens with zero attached hydrogens (tertiary/aromatic N) is 3. The minimum Gasteiger partial charge on any atom is -0.508 e. The molecule has 220 valence electrons. The lowest BCUT2D eigenvalue weighted by molar-refractivity contribution is -0.153. The molecule has 12 nitrogen and oxygen atoms in total. The first kappa shape index (κ1) is 27.7. The number of ketones is 2. The highest BCUT2D eigenvalue weighted by Gasteiger charge is 2.64. The van der Waals surface area contributed by atoms with E-state index in [0.717, 1.165) is 18.8 Å². The smallest absolute Gasteiger partial charge is 0.255 e. The minimum absolute atomic E-state index is 0.0535. The molecular weight excluding hydrogens is 530 g/mol. The second-order valence-electron chi connectivity index (χ2n) is 12.7. The van der Waals surface area contributed by atoms with Crippen molar-refractivity contribution in [2.24, 2.45) is 35.1 Å². The zero-order valence-electron chi connectivity index (χ0n) is 23.6. The van der Waals surface area contributed by atoms with Crippen molar-refractivity contribution >= 4 is 28.9 Å². The number of carbonyl (C=O) groups excluding carboxylic acids is 3. The monoisotopic (exact) mass is 567 g/mol. The lowest BCUT2D eigenvalue weighted by atomic mass is 9.57. The standard InChI is InChI=1S/C29H37N5O7/c1-32(2)17-7-12(8-34-9-14-15(10-34)21(14)30)23(35)19-13(17)5-11-6-16-22(33(3)4)25(37)20(28(31)40)27(39)29(16,41)26(38)18(11)24(19)36/h7,11,14-16,21-22,35-36,39,41H,5-6,8-10,30H2,1-4H3,(H2,31,40)/t11-,14?,15?,16-,21?,22-,29-/m0/s1. The molecule has 1 saturated heterocycles. The number of Topliss-reactive ketones (excluding diaryl/α,β-unsaturated/α-hetero) is 2. The highest BCUT2D eigenvalue weighted by atomic mass is 16.3. The summed E-state index contributed by atoms with van der Waals surface area (Å²) in [5, 5.41) is 46.0. The van der Waals surface area contributed by atoms with E-state index in [-0.39, 0.29) is 35.8 Å². The number of benzene rings is 1. The van der Waals surface area contributed by atoms with Crippen molar-refractivity contribution in [1.82, 2.24) is 9.80 Å². The molecule has 0 spiro atoms. The number of phenols is 1. The molecule has 1 aromatic rings. The number of likely N-dealkylation sites (N-methyl/N-ethyl adjacent to an activating group) is 1. The highest BCUT2D eigenvalue weighted by Crippen LogP contribution is 2.54. The Bertz CT molecular complexity index is 1450. The van der Waals surface area contributed by atoms with Crippen molar-refractivity contribution < 1.29 is 34.8 Å². The molecular formula is C29H37N5O7. The molecule has 1 heterocycles. The highest BCUT2D eigenvalue weighted by molar-refractivity contribution is 6.24. The van der Waals surface area contributed by atoms with Crippen LogP contribution in [0.25, 0.3) is 5.76 Å². The second kappa shape index (κ2) is 9.02. The van der Waals surface area contributed by atoms with Crippen LogP contribution in [0, 0.1) is 23.7 Å². The van der Waals surface area contributed by atoms with E-state index in [4.69, 9.17) is 11.5 Å². The number of aliphatic hydroxyl groups excluding tert-OH is 2. The predicted molar refractivity (Wildman–Crippen MR) is 149 cm³/mol. The van der Waals surface area contributed by atoms with Gasteiger partial charge in [0.2, 0.25) is 5.78 Å². The van der Waals surface area contributed by atoms with Gasteiger partial charge in [0.15, 0.2) is 11.4 Å². The molecule has 0 radical (unpaired) electrons. The van der Waals surface area contributed by atoms with Gasteiger partial charge in [-0.25, -0.2) is 0 Å². The first-order valence-electron chi connectivity index (χ1n) is 13.9. The zero-order chi connectivity index (χ0) is 29.9. The maximum atomic E-state index is 14.1. The summed E-state index contributed by atoms with van der Waals surface area (Å²) in [6.45, 7) is 2.08. The molecule has 3 fully saturated rings. The van der Waals surface area contributed by atoms with Crippen molar-refractivity contribution in [3.05, 3.63) is 39.7 Å². The van der Waals surface area contributed by atoms with Gasteiger partial charge in [-0.1, -0.05) is 0 Å². The Hall–Kier alpha value is -3.45. The number of hydrogen-bond donors (Lipinski definition) is 6. The number of aliphatic hydroxyl groups is 3. The first-order chi connectivity index (χ1) is 19.2. The van der Waals surface area contributed by atoms with Crippen LogP contribution >= 0.6 is 0 Å². The van der Waals surface area contributed by atoms with Crippen LogP contribution in [0.4, 0.5) is 5.69 Å². The Morgan fingerprint density at radius 2 is 1.76 bits per heavy atom. The summed E-state index contributed by atoms with van der Waals surface area (Å²) in [5.41, 5.74) is 9.98. The number of phenolic OH excluding ortho intramolecular Hbond substituents is 1. The molecule has 12 heteroatoms. The van der Waals surface area contributed by atoms with Gasteiger partial charge < -0.3 is 36.8 Å². The lowest BCUT2D eigenvalue weighted by Gasteiger charge is -2.50. The van der Waals surface area contributed by atoms with Crippen LogP contribution in [0.2, 0.25) is 0 Å². The van der Waals surface area contributed by atoms with Crippen molar-refractivity contribution in [3.63, 3.8) is 0 Å². The number of amides is 1. The number of piperidine rings is 1. The van der Waals surface area contributed by atoms with E-state index in [1.165, 1.54) is 4.90 Å². The number of likely N-dealkylation sites (tertiary alicyclic amines) is 1. The topological polar surface area (TPSA) is 194 Å². The van der Waals surface area contributed by atoms with Gasteiger partial charge in [0.1, 0.15) is 22.8 Å². The van der Waals surface area contributed by atoms with Crippen LogP contribution in [-0.4, -0.2) is 107 Å². The molecule has 0 aromatic heterocycles. The lowest BCUT2D eigenvalue weighted by Crippen LogP contribution is -2.65. The third kappa shape index (κ3) is 3.70. The van der Waals surface area contributed by atoms with Crippen LogP contribution in [0.5, 0.6) is 5.75 Å². The molecule has 2 saturated carbocycles. The first-order valence-corrected chi connectivity index (χ1v) is 13.9. The summed E-state index contributed by atoms with van der Waals surface area (Å²) < 4.78 is 0. The summed E-state index contributed by atoms with van der Waals surface area (Å²) in [7, 11) is 6.87. The van der Waals surface area contributed by atoms with E-state index in [1.807, 2.05) is 25.1 Å². The van der Waals surface area contributed by atoms with Gasteiger partial charge in [-0.15, -0.1) is 0 Å². The van der Waals surface area contributed by atoms with E-state index >= 15 is 0 Å². The Balaban J connectivity index is 1.48. The molecule has 6 rings (SSSR count). The molecule has 6 atom stereocenters. The molecule has 1 amide bonds. The fourth-order valence-corrected chi connectivity index (χ4v) is 7.90. The van der Waals surface area contributed by atoms with Gasteiger partial charge in [0.05, 0.1) is 11.6 Å². The molecule has 4 aliphatic carbocycles. The van der Waals surface area contributed by atoms with E-state index in [0.29, 0.717) is 29.5 Å². The van der Waals surface area contributed by atoms with Gasteiger partial charge in [-0.3, -0.25) is 24.2 Å². The van der Waals surface area contributed by atoms with Crippen LogP contribution in [0.1, 0.15) is 23.1 Å². The Kier molecular flexibility index (Phi) is 6.10. The molecule has 2 unspecified atom stereocenters. The van der Waals surface area contributed by atoms with Gasteiger partial charge in [-0.2, -0.15) is 0 Å². The Labute approximate surface area is 237 Å². The normalized spacial score (nSPS) is 34.4. The van der Waals surface area contributed by atoms with Crippen molar-refractivity contribution in [2.45, 2.75) is 37.1 Å². The zero-order valence-corrected chi connectivity index (χ0v) is 23.6. The third-order valence-corrected chi connectivity index (χ3v) is 9.99. The number of hydrogen-bond acceptors (Lipinski definition) is 11. The fraction of sp³-hybridized carbons (Fsp3) is 0.552. The number of aromatic hydroxyl groups is 1. The number of nitrogens with two attached hydrogens (primary N) is 2. The number of rotatable bonds is 5. The van der Waals surface area contributed by atoms with Crippen LogP contribution < -0.4 is 16.4 Å². The largest absolute Gasteiger partial charge is 0.508 e. The minimum atomic E-state index is -2.66. The summed E-state index contributed by atoms with van der Waals surface area (Å²) in [6.07, 6.45) is 0.302. The fourth-order valence-electron chi connectivity index (χ4n) is 7.90. The van der Waals surface area contributed by atoms with Crippen LogP contribution in [0.15, 0.2) is 23.0 Å². The van der Waals surface area contributed by atoms with Gasteiger partial charge in [-0.05, 0) is 56.3 Å². The second-order valence-corrected chi connectivity index (χ2v) is 12.7. The van der Waals surface area contributed by atoms with Gasteiger partial charge in [0, 0.05) is 62.5 Å². The van der Waals surface area contributed by atoms with E-state index < -0.39 is 58.0 Å². The summed E-state index contributed by atoms with van der Waals surface area (Å²) >= 11 is 0. The Morgan fingerprint density at radius 1 is 1.12 bits per heavy atom. The van der Waals surface area contributed by atoms with E-state index in [9.17, 15) is 34.8 Å². The van der Waals surface area contributed by atoms with E-state index in [1.54, 1.807) is 14.1 Å². The molecule has 41 heavy (non-hydrogen) atoms. The number of anilines is 1. The molecule has 1 aromatic carbocycles. The maximum Gasteiger partial charge on any atom is 0.255 e. The summed E-state index contributed by atoms with van der Waals surface area (Å²) in [6, 6.07) is 1.01. The van der Waals surface area contributed by atoms with Gasteiger partial charge in [0.25, 0.3) is 5.91 Å². The van der Waals surface area contributed by atoms with Crippen molar-refractivity contribution in [2.75, 3.05) is 46.2 Å².